The molecule has 3 aromatic heterocycles. The van der Waals surface area contributed by atoms with Crippen molar-refractivity contribution in [1.82, 2.24) is 19.6 Å². The predicted molar refractivity (Wildman–Crippen MR) is 124 cm³/mol. The Bertz CT molecular complexity index is 1250. The van der Waals surface area contributed by atoms with Crippen molar-refractivity contribution in [3.8, 4) is 5.75 Å². The first-order valence-electron chi connectivity index (χ1n) is 10.4. The zero-order valence-electron chi connectivity index (χ0n) is 17.4. The fourth-order valence-electron chi connectivity index (χ4n) is 3.95. The molecule has 1 unspecified atom stereocenters. The molecule has 1 amide bonds. The fourth-order valence-corrected chi connectivity index (χ4v) is 6.00. The van der Waals surface area contributed by atoms with E-state index in [2.05, 4.69) is 27.4 Å². The van der Waals surface area contributed by atoms with E-state index in [-0.39, 0.29) is 11.7 Å². The van der Waals surface area contributed by atoms with Gasteiger partial charge in [0.1, 0.15) is 16.9 Å². The molecule has 5 rings (SSSR count). The molecule has 160 valence electrons. The number of nitrogens with one attached hydrogen (secondary N) is 1. The molecule has 1 aliphatic rings. The summed E-state index contributed by atoms with van der Waals surface area (Å²) >= 11 is 3.14. The number of ether oxygens (including phenoxy) is 1. The SMILES string of the molecule is CCOc1ccc(NC(=O)CSc2nnc3c4c5c(sc4ncn23)CC(C)CC5)cc1. The third-order valence-electron chi connectivity index (χ3n) is 5.45. The van der Waals surface area contributed by atoms with Gasteiger partial charge in [0, 0.05) is 10.6 Å². The van der Waals surface area contributed by atoms with Gasteiger partial charge in [0.25, 0.3) is 0 Å². The molecule has 1 atom stereocenters. The van der Waals surface area contributed by atoms with Gasteiger partial charge in [0.05, 0.1) is 17.7 Å². The number of carbonyl (C=O) groups excluding carboxylic acids is 1. The summed E-state index contributed by atoms with van der Waals surface area (Å²) in [6.45, 7) is 4.86. The third-order valence-corrected chi connectivity index (χ3v) is 7.56. The number of hydrogen-bond donors (Lipinski definition) is 1. The predicted octanol–water partition coefficient (Wildman–Crippen LogP) is 4.59. The van der Waals surface area contributed by atoms with Gasteiger partial charge in [-0.2, -0.15) is 0 Å². The van der Waals surface area contributed by atoms with Gasteiger partial charge < -0.3 is 10.1 Å². The van der Waals surface area contributed by atoms with E-state index >= 15 is 0 Å². The normalized spacial score (nSPS) is 15.9. The van der Waals surface area contributed by atoms with E-state index in [1.165, 1.54) is 28.6 Å². The number of thiophene rings is 1. The standard InChI is InChI=1S/C22H23N5O2S2/c1-3-29-15-7-5-14(6-8-15)24-18(28)11-30-22-26-25-20-19-16-9-4-13(2)10-17(16)31-21(19)23-12-27(20)22/h5-8,12-13H,3-4,9-11H2,1-2H3,(H,24,28). The molecule has 7 nitrogen and oxygen atoms in total. The molecular formula is C22H23N5O2S2. The molecule has 0 fully saturated rings. The lowest BCUT2D eigenvalue weighted by molar-refractivity contribution is -0.113. The first-order chi connectivity index (χ1) is 15.1. The lowest BCUT2D eigenvalue weighted by Gasteiger charge is -2.17. The number of carbonyl (C=O) groups is 1. The third kappa shape index (κ3) is 3.99. The van der Waals surface area contributed by atoms with E-state index in [0.29, 0.717) is 11.8 Å². The van der Waals surface area contributed by atoms with Crippen molar-refractivity contribution in [2.75, 3.05) is 17.7 Å². The summed E-state index contributed by atoms with van der Waals surface area (Å²) < 4.78 is 7.33. The molecule has 0 saturated carbocycles. The number of nitrogens with zero attached hydrogens (tertiary/aromatic N) is 4. The number of anilines is 1. The van der Waals surface area contributed by atoms with E-state index in [0.717, 1.165) is 46.1 Å². The van der Waals surface area contributed by atoms with Gasteiger partial charge in [0.15, 0.2) is 10.8 Å². The number of aryl methyl sites for hydroxylation is 1. The number of benzene rings is 1. The molecule has 0 spiro atoms. The second-order valence-electron chi connectivity index (χ2n) is 7.75. The highest BCUT2D eigenvalue weighted by molar-refractivity contribution is 7.99. The van der Waals surface area contributed by atoms with Crippen LogP contribution < -0.4 is 10.1 Å². The molecule has 1 aromatic carbocycles. The van der Waals surface area contributed by atoms with Gasteiger partial charge >= 0.3 is 0 Å². The van der Waals surface area contributed by atoms with E-state index in [1.54, 1.807) is 17.7 Å². The lowest BCUT2D eigenvalue weighted by Crippen LogP contribution is -2.14. The summed E-state index contributed by atoms with van der Waals surface area (Å²) in [5.74, 6) is 1.65. The Labute approximate surface area is 188 Å². The number of aromatic nitrogens is 4. The van der Waals surface area contributed by atoms with Crippen molar-refractivity contribution in [2.24, 2.45) is 5.92 Å². The Balaban J connectivity index is 1.31. The molecule has 31 heavy (non-hydrogen) atoms. The molecule has 0 aliphatic heterocycles. The van der Waals surface area contributed by atoms with Crippen LogP contribution in [-0.2, 0) is 17.6 Å². The molecule has 9 heteroatoms. The highest BCUT2D eigenvalue weighted by Crippen LogP contribution is 2.39. The summed E-state index contributed by atoms with van der Waals surface area (Å²) in [5, 5.41) is 13.5. The van der Waals surface area contributed by atoms with E-state index < -0.39 is 0 Å². The first kappa shape index (κ1) is 20.3. The average Bonchev–Trinajstić information content (AvgIpc) is 3.34. The van der Waals surface area contributed by atoms with E-state index in [1.807, 2.05) is 35.6 Å². The maximum atomic E-state index is 12.4. The van der Waals surface area contributed by atoms with Crippen LogP contribution in [0.4, 0.5) is 5.69 Å². The first-order valence-corrected chi connectivity index (χ1v) is 12.2. The van der Waals surface area contributed by atoms with Gasteiger partial charge in [0.2, 0.25) is 5.91 Å². The second-order valence-corrected chi connectivity index (χ2v) is 9.77. The van der Waals surface area contributed by atoms with Crippen LogP contribution in [0.3, 0.4) is 0 Å². The van der Waals surface area contributed by atoms with E-state index in [9.17, 15) is 4.79 Å². The maximum absolute atomic E-state index is 12.4. The highest BCUT2D eigenvalue weighted by Gasteiger charge is 2.24. The van der Waals surface area contributed by atoms with E-state index in [4.69, 9.17) is 4.74 Å². The quantitative estimate of drug-likeness (QED) is 0.430. The summed E-state index contributed by atoms with van der Waals surface area (Å²) in [4.78, 5) is 19.5. The van der Waals surface area contributed by atoms with Crippen LogP contribution in [0.5, 0.6) is 5.75 Å². The Hall–Kier alpha value is -2.65. The number of rotatable bonds is 6. The fraction of sp³-hybridized carbons (Fsp3) is 0.364. The molecule has 0 bridgehead atoms. The molecular weight excluding hydrogens is 430 g/mol. The Morgan fingerprint density at radius 3 is 2.97 bits per heavy atom. The van der Waals surface area contributed by atoms with Crippen LogP contribution in [0.15, 0.2) is 35.7 Å². The van der Waals surface area contributed by atoms with Crippen LogP contribution >= 0.6 is 23.1 Å². The van der Waals surface area contributed by atoms with Gasteiger partial charge in [-0.15, -0.1) is 21.5 Å². The lowest BCUT2D eigenvalue weighted by atomic mass is 9.89. The Kier molecular flexibility index (Phi) is 5.54. The van der Waals surface area contributed by atoms with Crippen molar-refractivity contribution in [2.45, 2.75) is 38.3 Å². The summed E-state index contributed by atoms with van der Waals surface area (Å²) in [5.41, 5.74) is 2.96. The zero-order valence-corrected chi connectivity index (χ0v) is 19.1. The number of thioether (sulfide) groups is 1. The van der Waals surface area contributed by atoms with Crippen LogP contribution in [0.25, 0.3) is 15.9 Å². The van der Waals surface area contributed by atoms with Crippen LogP contribution in [0.2, 0.25) is 0 Å². The van der Waals surface area contributed by atoms with Gasteiger partial charge in [-0.05, 0) is 61.9 Å². The number of amides is 1. The van der Waals surface area contributed by atoms with Gasteiger partial charge in [-0.3, -0.25) is 9.20 Å². The average molecular weight is 454 g/mol. The molecule has 1 aliphatic carbocycles. The summed E-state index contributed by atoms with van der Waals surface area (Å²) in [6.07, 6.45) is 5.15. The molecule has 4 aromatic rings. The van der Waals surface area contributed by atoms with Crippen LogP contribution in [-0.4, -0.2) is 37.8 Å². The molecule has 0 radical (unpaired) electrons. The zero-order chi connectivity index (χ0) is 21.4. The topological polar surface area (TPSA) is 81.4 Å². The monoisotopic (exact) mass is 453 g/mol. The number of fused-ring (bicyclic) bond motifs is 5. The maximum Gasteiger partial charge on any atom is 0.234 e. The summed E-state index contributed by atoms with van der Waals surface area (Å²) in [7, 11) is 0. The van der Waals surface area contributed by atoms with Gasteiger partial charge in [-0.25, -0.2) is 4.98 Å². The highest BCUT2D eigenvalue weighted by atomic mass is 32.2. The van der Waals surface area contributed by atoms with Crippen LogP contribution in [0.1, 0.15) is 30.7 Å². The second kappa shape index (κ2) is 8.47. The minimum absolute atomic E-state index is 0.0955. The number of hydrogen-bond acceptors (Lipinski definition) is 7. The van der Waals surface area contributed by atoms with Crippen molar-refractivity contribution < 1.29 is 9.53 Å². The largest absolute Gasteiger partial charge is 0.494 e. The Morgan fingerprint density at radius 2 is 2.16 bits per heavy atom. The Morgan fingerprint density at radius 1 is 1.32 bits per heavy atom. The van der Waals surface area contributed by atoms with Gasteiger partial charge in [-0.1, -0.05) is 18.7 Å². The minimum Gasteiger partial charge on any atom is -0.494 e. The smallest absolute Gasteiger partial charge is 0.234 e. The van der Waals surface area contributed by atoms with Crippen molar-refractivity contribution in [3.63, 3.8) is 0 Å². The molecule has 1 N–H and O–H groups in total. The molecule has 3 heterocycles. The van der Waals surface area contributed by atoms with Crippen molar-refractivity contribution >= 4 is 50.6 Å². The van der Waals surface area contributed by atoms with Crippen LogP contribution in [0, 0.1) is 5.92 Å². The van der Waals surface area contributed by atoms with Crippen molar-refractivity contribution in [3.05, 3.63) is 41.0 Å². The van der Waals surface area contributed by atoms with Crippen molar-refractivity contribution in [1.29, 1.82) is 0 Å². The molecule has 0 saturated heterocycles. The minimum atomic E-state index is -0.0955. The summed E-state index contributed by atoms with van der Waals surface area (Å²) in [6, 6.07) is 7.36.